The SMILES string of the molecule is CN1c2ccccc2NC1c1ccc2ccccc2c1CN=C(N=C(N)c1ccccc1)c1ccccc1. The lowest BCUT2D eigenvalue weighted by Crippen LogP contribution is -2.24. The molecule has 6 rings (SSSR count). The molecule has 0 bridgehead atoms. The van der Waals surface area contributed by atoms with Gasteiger partial charge in [0.15, 0.2) is 5.84 Å². The minimum Gasteiger partial charge on any atom is -0.383 e. The van der Waals surface area contributed by atoms with Crippen LogP contribution in [0.4, 0.5) is 11.4 Å². The summed E-state index contributed by atoms with van der Waals surface area (Å²) in [6, 6.07) is 41.2. The van der Waals surface area contributed by atoms with Crippen LogP contribution in [0.5, 0.6) is 0 Å². The largest absolute Gasteiger partial charge is 0.383 e. The number of nitrogens with two attached hydrogens (primary N) is 1. The Bertz CT molecular complexity index is 1640. The second kappa shape index (κ2) is 10.2. The van der Waals surface area contributed by atoms with Gasteiger partial charge >= 0.3 is 0 Å². The van der Waals surface area contributed by atoms with E-state index in [0.717, 1.165) is 16.8 Å². The van der Waals surface area contributed by atoms with Gasteiger partial charge in [0.1, 0.15) is 12.0 Å². The van der Waals surface area contributed by atoms with Crippen molar-refractivity contribution in [3.8, 4) is 0 Å². The zero-order valence-electron chi connectivity index (χ0n) is 21.3. The van der Waals surface area contributed by atoms with E-state index >= 15 is 0 Å². The van der Waals surface area contributed by atoms with Gasteiger partial charge < -0.3 is 16.0 Å². The molecule has 5 nitrogen and oxygen atoms in total. The molecule has 38 heavy (non-hydrogen) atoms. The Morgan fingerprint density at radius 1 is 0.763 bits per heavy atom. The minimum absolute atomic E-state index is 0.000251. The van der Waals surface area contributed by atoms with Gasteiger partial charge in [0.05, 0.1) is 17.9 Å². The first-order chi connectivity index (χ1) is 18.7. The standard InChI is InChI=1S/C33H29N5/c1-38-30-19-11-10-18-29(30)36-33(38)27-21-20-23-12-8-9-17-26(23)28(27)22-35-32(25-15-6-3-7-16-25)37-31(34)24-13-4-2-5-14-24/h2-21,33,36H,22H2,1H3,(H2,34,35,37). The molecule has 0 spiro atoms. The van der Waals surface area contributed by atoms with E-state index in [0.29, 0.717) is 18.2 Å². The third-order valence-corrected chi connectivity index (χ3v) is 7.05. The zero-order chi connectivity index (χ0) is 25.9. The molecule has 1 unspecified atom stereocenters. The maximum absolute atomic E-state index is 6.44. The zero-order valence-corrected chi connectivity index (χ0v) is 21.3. The number of anilines is 2. The lowest BCUT2D eigenvalue weighted by molar-refractivity contribution is 0.779. The van der Waals surface area contributed by atoms with Crippen LogP contribution in [-0.2, 0) is 6.54 Å². The van der Waals surface area contributed by atoms with Crippen LogP contribution in [-0.4, -0.2) is 18.7 Å². The van der Waals surface area contributed by atoms with Crippen molar-refractivity contribution >= 4 is 33.8 Å². The second-order valence-electron chi connectivity index (χ2n) is 9.40. The molecule has 1 aliphatic heterocycles. The summed E-state index contributed by atoms with van der Waals surface area (Å²) in [6.07, 6.45) is 0.000251. The highest BCUT2D eigenvalue weighted by Crippen LogP contribution is 2.41. The number of fused-ring (bicyclic) bond motifs is 2. The number of hydrogen-bond acceptors (Lipinski definition) is 3. The van der Waals surface area contributed by atoms with Crippen molar-refractivity contribution in [3.63, 3.8) is 0 Å². The van der Waals surface area contributed by atoms with Crippen LogP contribution >= 0.6 is 0 Å². The van der Waals surface area contributed by atoms with Crippen molar-refractivity contribution in [3.05, 3.63) is 144 Å². The first kappa shape index (κ1) is 23.5. The van der Waals surface area contributed by atoms with Crippen molar-refractivity contribution in [1.29, 1.82) is 0 Å². The van der Waals surface area contributed by atoms with E-state index in [1.54, 1.807) is 0 Å². The molecule has 0 fully saturated rings. The highest BCUT2D eigenvalue weighted by molar-refractivity contribution is 6.11. The number of rotatable bonds is 5. The van der Waals surface area contributed by atoms with Crippen molar-refractivity contribution in [2.24, 2.45) is 15.7 Å². The van der Waals surface area contributed by atoms with Crippen molar-refractivity contribution in [2.45, 2.75) is 12.7 Å². The third kappa shape index (κ3) is 4.50. The molecule has 1 aliphatic rings. The number of nitrogens with one attached hydrogen (secondary N) is 1. The lowest BCUT2D eigenvalue weighted by atomic mass is 9.96. The molecule has 1 heterocycles. The average molecular weight is 496 g/mol. The van der Waals surface area contributed by atoms with Gasteiger partial charge in [0.2, 0.25) is 0 Å². The Balaban J connectivity index is 1.45. The Morgan fingerprint density at radius 3 is 2.18 bits per heavy atom. The van der Waals surface area contributed by atoms with E-state index in [2.05, 4.69) is 77.9 Å². The van der Waals surface area contributed by atoms with E-state index in [9.17, 15) is 0 Å². The Labute approximate surface area is 223 Å². The maximum atomic E-state index is 6.44. The van der Waals surface area contributed by atoms with Gasteiger partial charge in [0.25, 0.3) is 0 Å². The van der Waals surface area contributed by atoms with Crippen LogP contribution in [0.1, 0.15) is 28.4 Å². The predicted molar refractivity (Wildman–Crippen MR) is 159 cm³/mol. The molecule has 5 aromatic carbocycles. The summed E-state index contributed by atoms with van der Waals surface area (Å²) < 4.78 is 0. The monoisotopic (exact) mass is 495 g/mol. The second-order valence-corrected chi connectivity index (χ2v) is 9.40. The van der Waals surface area contributed by atoms with Gasteiger partial charge in [-0.3, -0.25) is 4.99 Å². The van der Waals surface area contributed by atoms with E-state index < -0.39 is 0 Å². The summed E-state index contributed by atoms with van der Waals surface area (Å²) in [6.45, 7) is 0.467. The molecular weight excluding hydrogens is 466 g/mol. The van der Waals surface area contributed by atoms with E-state index in [1.807, 2.05) is 60.7 Å². The topological polar surface area (TPSA) is 66.0 Å². The van der Waals surface area contributed by atoms with Gasteiger partial charge in [0, 0.05) is 23.7 Å². The van der Waals surface area contributed by atoms with Crippen LogP contribution in [0, 0.1) is 0 Å². The molecule has 5 aromatic rings. The number of aliphatic imine (C=N–C) groups is 2. The lowest BCUT2D eigenvalue weighted by Gasteiger charge is -2.25. The van der Waals surface area contributed by atoms with Crippen molar-refractivity contribution in [2.75, 3.05) is 17.3 Å². The van der Waals surface area contributed by atoms with Crippen LogP contribution in [0.2, 0.25) is 0 Å². The first-order valence-electron chi connectivity index (χ1n) is 12.8. The molecular formula is C33H29N5. The Morgan fingerprint density at radius 2 is 1.42 bits per heavy atom. The predicted octanol–water partition coefficient (Wildman–Crippen LogP) is 6.75. The molecule has 0 saturated heterocycles. The number of benzene rings is 5. The van der Waals surface area contributed by atoms with Gasteiger partial charge in [-0.1, -0.05) is 109 Å². The molecule has 5 heteroatoms. The highest BCUT2D eigenvalue weighted by Gasteiger charge is 2.28. The van der Waals surface area contributed by atoms with Gasteiger partial charge in [-0.25, -0.2) is 4.99 Å². The first-order valence-corrected chi connectivity index (χ1v) is 12.8. The molecule has 0 aliphatic carbocycles. The molecule has 0 aromatic heterocycles. The fourth-order valence-electron chi connectivity index (χ4n) is 5.08. The maximum Gasteiger partial charge on any atom is 0.157 e. The summed E-state index contributed by atoms with van der Waals surface area (Å²) in [5.41, 5.74) is 12.9. The summed E-state index contributed by atoms with van der Waals surface area (Å²) in [4.78, 5) is 12.2. The number of hydrogen-bond donors (Lipinski definition) is 2. The van der Waals surface area contributed by atoms with Crippen molar-refractivity contribution in [1.82, 2.24) is 0 Å². The smallest absolute Gasteiger partial charge is 0.157 e. The van der Waals surface area contributed by atoms with E-state index in [1.165, 1.54) is 27.6 Å². The van der Waals surface area contributed by atoms with Gasteiger partial charge in [-0.2, -0.15) is 0 Å². The summed E-state index contributed by atoms with van der Waals surface area (Å²) in [5, 5.41) is 6.08. The van der Waals surface area contributed by atoms with Crippen molar-refractivity contribution < 1.29 is 0 Å². The van der Waals surface area contributed by atoms with Crippen LogP contribution in [0.15, 0.2) is 131 Å². The Hall–Kier alpha value is -4.90. The van der Waals surface area contributed by atoms with Crippen LogP contribution in [0.3, 0.4) is 0 Å². The number of para-hydroxylation sites is 2. The molecule has 186 valence electrons. The van der Waals surface area contributed by atoms with E-state index in [4.69, 9.17) is 15.7 Å². The van der Waals surface area contributed by atoms with Gasteiger partial charge in [-0.15, -0.1) is 0 Å². The number of amidine groups is 2. The van der Waals surface area contributed by atoms with Crippen LogP contribution in [0.25, 0.3) is 10.8 Å². The average Bonchev–Trinajstić information content (AvgIpc) is 3.32. The molecule has 3 N–H and O–H groups in total. The fourth-order valence-corrected chi connectivity index (χ4v) is 5.08. The third-order valence-electron chi connectivity index (χ3n) is 7.05. The quantitative estimate of drug-likeness (QED) is 0.209. The minimum atomic E-state index is 0.000251. The summed E-state index contributed by atoms with van der Waals surface area (Å²) in [5.74, 6) is 1.06. The highest BCUT2D eigenvalue weighted by atomic mass is 15.3. The summed E-state index contributed by atoms with van der Waals surface area (Å²) >= 11 is 0. The molecule has 0 saturated carbocycles. The molecule has 0 amide bonds. The van der Waals surface area contributed by atoms with Gasteiger partial charge in [-0.05, 0) is 28.5 Å². The van der Waals surface area contributed by atoms with Crippen LogP contribution < -0.4 is 16.0 Å². The summed E-state index contributed by atoms with van der Waals surface area (Å²) in [7, 11) is 2.13. The molecule has 0 radical (unpaired) electrons. The normalized spacial score (nSPS) is 15.4. The number of nitrogens with zero attached hydrogens (tertiary/aromatic N) is 3. The molecule has 1 atom stereocenters. The van der Waals surface area contributed by atoms with E-state index in [-0.39, 0.29) is 6.17 Å². The Kier molecular flexibility index (Phi) is 6.32. The fraction of sp³-hybridized carbons (Fsp3) is 0.0909.